The van der Waals surface area contributed by atoms with Crippen LogP contribution in [0.25, 0.3) is 0 Å². The first kappa shape index (κ1) is 6.46. The standard InChI is InChI=1S/C8H11N3/c1-2-4-9-7(3-1)8-10-5-6-11-8/h1-4,7,9H,5-6H2,(H,10,11). The molecule has 2 N–H and O–H groups in total. The molecule has 0 fully saturated rings. The van der Waals surface area contributed by atoms with Gasteiger partial charge in [0.25, 0.3) is 0 Å². The van der Waals surface area contributed by atoms with Crippen LogP contribution in [0, 0.1) is 0 Å². The average molecular weight is 149 g/mol. The monoisotopic (exact) mass is 149 g/mol. The highest BCUT2D eigenvalue weighted by molar-refractivity contribution is 5.90. The summed E-state index contributed by atoms with van der Waals surface area (Å²) >= 11 is 0. The fourth-order valence-electron chi connectivity index (χ4n) is 1.24. The second kappa shape index (κ2) is 2.78. The molecule has 0 aromatic heterocycles. The third kappa shape index (κ3) is 1.27. The number of aliphatic imine (C=N–C) groups is 1. The van der Waals surface area contributed by atoms with E-state index in [0.717, 1.165) is 18.9 Å². The molecule has 11 heavy (non-hydrogen) atoms. The Balaban J connectivity index is 2.05. The summed E-state index contributed by atoms with van der Waals surface area (Å²) in [6.45, 7) is 1.89. The third-order valence-electron chi connectivity index (χ3n) is 1.78. The molecule has 0 amide bonds. The van der Waals surface area contributed by atoms with Crippen molar-refractivity contribution in [1.29, 1.82) is 0 Å². The molecule has 1 atom stereocenters. The molecule has 1 unspecified atom stereocenters. The fraction of sp³-hybridized carbons (Fsp3) is 0.375. The maximum atomic E-state index is 4.32. The van der Waals surface area contributed by atoms with Gasteiger partial charge in [-0.25, -0.2) is 0 Å². The van der Waals surface area contributed by atoms with Gasteiger partial charge >= 0.3 is 0 Å². The van der Waals surface area contributed by atoms with Gasteiger partial charge in [0.05, 0.1) is 6.54 Å². The minimum atomic E-state index is 0.266. The van der Waals surface area contributed by atoms with Gasteiger partial charge in [0.1, 0.15) is 11.9 Å². The van der Waals surface area contributed by atoms with Gasteiger partial charge in [-0.3, -0.25) is 4.99 Å². The number of hydrogen-bond acceptors (Lipinski definition) is 3. The molecule has 2 aliphatic heterocycles. The molecule has 0 saturated carbocycles. The van der Waals surface area contributed by atoms with Crippen LogP contribution in [-0.2, 0) is 0 Å². The van der Waals surface area contributed by atoms with Gasteiger partial charge in [0, 0.05) is 6.54 Å². The summed E-state index contributed by atoms with van der Waals surface area (Å²) in [4.78, 5) is 4.32. The third-order valence-corrected chi connectivity index (χ3v) is 1.78. The summed E-state index contributed by atoms with van der Waals surface area (Å²) in [7, 11) is 0. The average Bonchev–Trinajstić information content (AvgIpc) is 2.58. The Morgan fingerprint density at radius 2 is 2.45 bits per heavy atom. The van der Waals surface area contributed by atoms with Crippen LogP contribution in [0.4, 0.5) is 0 Å². The second-order valence-electron chi connectivity index (χ2n) is 2.58. The number of dihydropyridines is 1. The van der Waals surface area contributed by atoms with E-state index in [-0.39, 0.29) is 6.04 Å². The van der Waals surface area contributed by atoms with E-state index in [1.54, 1.807) is 0 Å². The second-order valence-corrected chi connectivity index (χ2v) is 2.58. The topological polar surface area (TPSA) is 36.4 Å². The van der Waals surface area contributed by atoms with Crippen molar-refractivity contribution in [3.8, 4) is 0 Å². The highest BCUT2D eigenvalue weighted by Gasteiger charge is 2.14. The van der Waals surface area contributed by atoms with Crippen LogP contribution in [-0.4, -0.2) is 25.0 Å². The first-order valence-corrected chi connectivity index (χ1v) is 3.84. The predicted octanol–water partition coefficient (Wildman–Crippen LogP) is 0.0298. The first-order chi connectivity index (χ1) is 5.47. The summed E-state index contributed by atoms with van der Waals surface area (Å²) in [6, 6.07) is 0.266. The van der Waals surface area contributed by atoms with E-state index in [4.69, 9.17) is 0 Å². The summed E-state index contributed by atoms with van der Waals surface area (Å²) in [6.07, 6.45) is 8.04. The zero-order valence-corrected chi connectivity index (χ0v) is 6.25. The van der Waals surface area contributed by atoms with E-state index in [2.05, 4.69) is 21.7 Å². The maximum absolute atomic E-state index is 4.32. The Morgan fingerprint density at radius 1 is 1.45 bits per heavy atom. The molecule has 0 bridgehead atoms. The van der Waals surface area contributed by atoms with Crippen molar-refractivity contribution in [2.75, 3.05) is 13.1 Å². The predicted molar refractivity (Wildman–Crippen MR) is 45.5 cm³/mol. The minimum absolute atomic E-state index is 0.266. The SMILES string of the molecule is C1=CNC(C2=NCCN2)C=C1. The Morgan fingerprint density at radius 3 is 3.09 bits per heavy atom. The number of amidine groups is 1. The molecule has 0 radical (unpaired) electrons. The Hall–Kier alpha value is -1.25. The molecule has 0 aromatic rings. The summed E-state index contributed by atoms with van der Waals surface area (Å²) in [5, 5.41) is 6.43. The van der Waals surface area contributed by atoms with E-state index in [9.17, 15) is 0 Å². The lowest BCUT2D eigenvalue weighted by Gasteiger charge is -2.15. The molecule has 2 aliphatic rings. The van der Waals surface area contributed by atoms with Crippen LogP contribution < -0.4 is 10.6 Å². The van der Waals surface area contributed by atoms with Gasteiger partial charge in [-0.2, -0.15) is 0 Å². The van der Waals surface area contributed by atoms with E-state index in [1.807, 2.05) is 18.4 Å². The van der Waals surface area contributed by atoms with Crippen molar-refractivity contribution in [2.24, 2.45) is 4.99 Å². The van der Waals surface area contributed by atoms with Crippen LogP contribution in [0.1, 0.15) is 0 Å². The molecular formula is C8H11N3. The number of hydrogen-bond donors (Lipinski definition) is 2. The van der Waals surface area contributed by atoms with Crippen molar-refractivity contribution in [2.45, 2.75) is 6.04 Å². The molecular weight excluding hydrogens is 138 g/mol. The molecule has 3 heteroatoms. The van der Waals surface area contributed by atoms with Crippen LogP contribution >= 0.6 is 0 Å². The highest BCUT2D eigenvalue weighted by Crippen LogP contribution is 1.98. The molecule has 58 valence electrons. The van der Waals surface area contributed by atoms with Crippen molar-refractivity contribution in [1.82, 2.24) is 10.6 Å². The molecule has 0 spiro atoms. The van der Waals surface area contributed by atoms with Gasteiger partial charge in [-0.05, 0) is 12.3 Å². The largest absolute Gasteiger partial charge is 0.378 e. The normalized spacial score (nSPS) is 27.6. The number of rotatable bonds is 1. The minimum Gasteiger partial charge on any atom is -0.378 e. The fourth-order valence-corrected chi connectivity index (χ4v) is 1.24. The van der Waals surface area contributed by atoms with Gasteiger partial charge in [-0.15, -0.1) is 0 Å². The summed E-state index contributed by atoms with van der Waals surface area (Å²) in [5.41, 5.74) is 0. The first-order valence-electron chi connectivity index (χ1n) is 3.84. The van der Waals surface area contributed by atoms with Crippen molar-refractivity contribution < 1.29 is 0 Å². The molecule has 3 nitrogen and oxygen atoms in total. The van der Waals surface area contributed by atoms with E-state index < -0.39 is 0 Å². The van der Waals surface area contributed by atoms with Gasteiger partial charge in [0.2, 0.25) is 0 Å². The molecule has 0 aliphatic carbocycles. The van der Waals surface area contributed by atoms with Gasteiger partial charge in [-0.1, -0.05) is 12.2 Å². The molecule has 2 heterocycles. The quantitative estimate of drug-likeness (QED) is 0.552. The van der Waals surface area contributed by atoms with Crippen molar-refractivity contribution >= 4 is 5.84 Å². The zero-order chi connectivity index (χ0) is 7.52. The molecule has 2 rings (SSSR count). The van der Waals surface area contributed by atoms with Crippen molar-refractivity contribution in [3.05, 3.63) is 24.4 Å². The molecule has 0 aromatic carbocycles. The van der Waals surface area contributed by atoms with E-state index in [1.165, 1.54) is 0 Å². The number of nitrogens with zero attached hydrogens (tertiary/aromatic N) is 1. The highest BCUT2D eigenvalue weighted by atomic mass is 15.1. The Labute approximate surface area is 65.9 Å². The Kier molecular flexibility index (Phi) is 1.63. The lowest BCUT2D eigenvalue weighted by atomic mass is 10.2. The summed E-state index contributed by atoms with van der Waals surface area (Å²) in [5.74, 6) is 1.06. The number of allylic oxidation sites excluding steroid dienone is 2. The molecule has 0 saturated heterocycles. The van der Waals surface area contributed by atoms with Gasteiger partial charge < -0.3 is 10.6 Å². The van der Waals surface area contributed by atoms with Crippen LogP contribution in [0.5, 0.6) is 0 Å². The van der Waals surface area contributed by atoms with Crippen LogP contribution in [0.3, 0.4) is 0 Å². The van der Waals surface area contributed by atoms with E-state index >= 15 is 0 Å². The van der Waals surface area contributed by atoms with Crippen molar-refractivity contribution in [3.63, 3.8) is 0 Å². The van der Waals surface area contributed by atoms with Crippen LogP contribution in [0.15, 0.2) is 29.4 Å². The smallest absolute Gasteiger partial charge is 0.123 e. The van der Waals surface area contributed by atoms with E-state index in [0.29, 0.717) is 0 Å². The van der Waals surface area contributed by atoms with Crippen LogP contribution in [0.2, 0.25) is 0 Å². The van der Waals surface area contributed by atoms with Gasteiger partial charge in [0.15, 0.2) is 0 Å². The maximum Gasteiger partial charge on any atom is 0.123 e. The lowest BCUT2D eigenvalue weighted by molar-refractivity contribution is 0.834. The lowest BCUT2D eigenvalue weighted by Crippen LogP contribution is -2.39. The number of nitrogens with one attached hydrogen (secondary N) is 2. The summed E-state index contributed by atoms with van der Waals surface area (Å²) < 4.78 is 0. The Bertz CT molecular complexity index is 227. The zero-order valence-electron chi connectivity index (χ0n) is 6.25.